The van der Waals surface area contributed by atoms with Gasteiger partial charge in [-0.05, 0) is 43.8 Å². The van der Waals surface area contributed by atoms with Crippen LogP contribution >= 0.6 is 0 Å². The van der Waals surface area contributed by atoms with Crippen molar-refractivity contribution >= 4 is 22.5 Å². The number of benzene rings is 2. The molecule has 0 atom stereocenters. The van der Waals surface area contributed by atoms with Crippen molar-refractivity contribution in [3.05, 3.63) is 70.0 Å². The number of halogens is 1. The van der Waals surface area contributed by atoms with Crippen LogP contribution in [0, 0.1) is 12.7 Å². The van der Waals surface area contributed by atoms with E-state index < -0.39 is 0 Å². The number of H-pyrrole nitrogens is 1. The Morgan fingerprint density at radius 1 is 1.27 bits per heavy atom. The highest BCUT2D eigenvalue weighted by Gasteiger charge is 2.11. The minimum Gasteiger partial charge on any atom is -0.325 e. The number of aromatic amines is 1. The van der Waals surface area contributed by atoms with Gasteiger partial charge in [-0.25, -0.2) is 9.37 Å². The molecule has 0 saturated carbocycles. The molecule has 3 aromatic rings. The monoisotopic (exact) mass is 354 g/mol. The minimum atomic E-state index is -0.367. The lowest BCUT2D eigenvalue weighted by Gasteiger charge is -2.16. The Labute approximate surface area is 149 Å². The normalized spacial score (nSPS) is 11.1. The fourth-order valence-electron chi connectivity index (χ4n) is 2.64. The van der Waals surface area contributed by atoms with Gasteiger partial charge < -0.3 is 10.3 Å². The van der Waals surface area contributed by atoms with E-state index >= 15 is 0 Å². The van der Waals surface area contributed by atoms with Crippen molar-refractivity contribution in [2.45, 2.75) is 13.5 Å². The molecule has 7 heteroatoms. The fraction of sp³-hybridized carbons (Fsp3) is 0.211. The van der Waals surface area contributed by atoms with Gasteiger partial charge in [-0.1, -0.05) is 18.2 Å². The number of likely N-dealkylation sites (N-methyl/N-ethyl adjacent to an activating group) is 1. The number of anilines is 1. The van der Waals surface area contributed by atoms with Gasteiger partial charge in [-0.15, -0.1) is 0 Å². The van der Waals surface area contributed by atoms with E-state index in [4.69, 9.17) is 0 Å². The van der Waals surface area contributed by atoms with Gasteiger partial charge >= 0.3 is 0 Å². The van der Waals surface area contributed by atoms with E-state index in [1.54, 1.807) is 49.2 Å². The number of nitrogens with zero attached hydrogens (tertiary/aromatic N) is 2. The third-order valence-electron chi connectivity index (χ3n) is 3.95. The molecule has 0 aliphatic heterocycles. The average molecular weight is 354 g/mol. The first-order chi connectivity index (χ1) is 12.4. The molecule has 0 aliphatic carbocycles. The molecule has 0 saturated heterocycles. The molecule has 134 valence electrons. The predicted octanol–water partition coefficient (Wildman–Crippen LogP) is 2.44. The molecule has 0 aliphatic rings. The van der Waals surface area contributed by atoms with Crippen LogP contribution in [-0.4, -0.2) is 34.4 Å². The van der Waals surface area contributed by atoms with Gasteiger partial charge in [0.15, 0.2) is 0 Å². The number of para-hydroxylation sites is 1. The van der Waals surface area contributed by atoms with Crippen LogP contribution in [0.5, 0.6) is 0 Å². The molecule has 2 N–H and O–H groups in total. The Kier molecular flexibility index (Phi) is 5.09. The van der Waals surface area contributed by atoms with Crippen molar-refractivity contribution in [3.63, 3.8) is 0 Å². The Hall–Kier alpha value is -3.06. The van der Waals surface area contributed by atoms with Crippen molar-refractivity contribution in [1.29, 1.82) is 0 Å². The quantitative estimate of drug-likeness (QED) is 0.738. The maximum absolute atomic E-state index is 13.5. The lowest BCUT2D eigenvalue weighted by molar-refractivity contribution is -0.117. The number of aryl methyl sites for hydroxylation is 1. The zero-order valence-corrected chi connectivity index (χ0v) is 14.5. The largest absolute Gasteiger partial charge is 0.325 e. The van der Waals surface area contributed by atoms with Crippen LogP contribution in [0.4, 0.5) is 10.1 Å². The van der Waals surface area contributed by atoms with Gasteiger partial charge in [0.2, 0.25) is 5.91 Å². The summed E-state index contributed by atoms with van der Waals surface area (Å²) in [6.07, 6.45) is 0. The molecule has 2 aromatic carbocycles. The van der Waals surface area contributed by atoms with E-state index in [0.717, 1.165) is 0 Å². The van der Waals surface area contributed by atoms with Gasteiger partial charge in [0.1, 0.15) is 11.6 Å². The van der Waals surface area contributed by atoms with Gasteiger partial charge in [0.25, 0.3) is 5.56 Å². The molecular weight excluding hydrogens is 335 g/mol. The lowest BCUT2D eigenvalue weighted by Crippen LogP contribution is -2.31. The zero-order valence-electron chi connectivity index (χ0n) is 14.5. The summed E-state index contributed by atoms with van der Waals surface area (Å²) in [4.78, 5) is 33.0. The smallest absolute Gasteiger partial charge is 0.258 e. The predicted molar refractivity (Wildman–Crippen MR) is 98.5 cm³/mol. The van der Waals surface area contributed by atoms with Gasteiger partial charge in [-0.3, -0.25) is 14.5 Å². The van der Waals surface area contributed by atoms with E-state index in [-0.39, 0.29) is 23.8 Å². The van der Waals surface area contributed by atoms with Crippen molar-refractivity contribution in [1.82, 2.24) is 14.9 Å². The molecule has 1 heterocycles. The molecule has 0 radical (unpaired) electrons. The fourth-order valence-corrected chi connectivity index (χ4v) is 2.64. The topological polar surface area (TPSA) is 78.1 Å². The number of fused-ring (bicyclic) bond motifs is 1. The molecule has 26 heavy (non-hydrogen) atoms. The Bertz CT molecular complexity index is 1020. The van der Waals surface area contributed by atoms with Crippen molar-refractivity contribution in [2.75, 3.05) is 18.9 Å². The van der Waals surface area contributed by atoms with Crippen molar-refractivity contribution < 1.29 is 9.18 Å². The van der Waals surface area contributed by atoms with E-state index in [1.807, 2.05) is 6.07 Å². The van der Waals surface area contributed by atoms with E-state index in [2.05, 4.69) is 15.3 Å². The van der Waals surface area contributed by atoms with Crippen LogP contribution in [-0.2, 0) is 11.3 Å². The van der Waals surface area contributed by atoms with Gasteiger partial charge in [-0.2, -0.15) is 0 Å². The van der Waals surface area contributed by atoms with E-state index in [0.29, 0.717) is 34.5 Å². The van der Waals surface area contributed by atoms with E-state index in [9.17, 15) is 14.0 Å². The van der Waals surface area contributed by atoms with Crippen LogP contribution in [0.3, 0.4) is 0 Å². The highest BCUT2D eigenvalue weighted by atomic mass is 19.1. The molecule has 0 fully saturated rings. The summed E-state index contributed by atoms with van der Waals surface area (Å²) in [5.41, 5.74) is 1.33. The first-order valence-electron chi connectivity index (χ1n) is 8.15. The molecule has 6 nitrogen and oxygen atoms in total. The summed E-state index contributed by atoms with van der Waals surface area (Å²) >= 11 is 0. The molecule has 0 spiro atoms. The number of nitrogens with one attached hydrogen (secondary N) is 2. The third-order valence-corrected chi connectivity index (χ3v) is 3.95. The first kappa shape index (κ1) is 17.8. The van der Waals surface area contributed by atoms with Gasteiger partial charge in [0, 0.05) is 5.69 Å². The van der Waals surface area contributed by atoms with Crippen LogP contribution in [0.25, 0.3) is 10.9 Å². The summed E-state index contributed by atoms with van der Waals surface area (Å²) in [7, 11) is 1.74. The second-order valence-corrected chi connectivity index (χ2v) is 6.21. The van der Waals surface area contributed by atoms with Crippen molar-refractivity contribution in [2.24, 2.45) is 0 Å². The van der Waals surface area contributed by atoms with Crippen LogP contribution < -0.4 is 10.9 Å². The number of amides is 1. The average Bonchev–Trinajstić information content (AvgIpc) is 2.58. The van der Waals surface area contributed by atoms with Crippen LogP contribution in [0.1, 0.15) is 11.4 Å². The number of hydrogen-bond acceptors (Lipinski definition) is 4. The van der Waals surface area contributed by atoms with Gasteiger partial charge in [0.05, 0.1) is 24.0 Å². The number of carbonyl (C=O) groups excluding carboxylic acids is 1. The summed E-state index contributed by atoms with van der Waals surface area (Å²) in [5, 5.41) is 3.18. The Morgan fingerprint density at radius 2 is 2.04 bits per heavy atom. The molecule has 0 unspecified atom stereocenters. The molecule has 0 bridgehead atoms. The zero-order chi connectivity index (χ0) is 18.7. The highest BCUT2D eigenvalue weighted by Crippen LogP contribution is 2.13. The molecule has 3 rings (SSSR count). The number of carbonyl (C=O) groups is 1. The minimum absolute atomic E-state index is 0.0754. The maximum atomic E-state index is 13.5. The Morgan fingerprint density at radius 3 is 2.81 bits per heavy atom. The number of rotatable bonds is 5. The second-order valence-electron chi connectivity index (χ2n) is 6.21. The molecule has 1 aromatic heterocycles. The second kappa shape index (κ2) is 7.45. The standard InChI is InChI=1S/C19H19FN4O2/c1-12-7-8-13(9-15(12)20)21-18(25)11-24(2)10-17-22-16-6-4-3-5-14(16)19(26)23-17/h3-9H,10-11H2,1-2H3,(H,21,25)(H,22,23,26). The van der Waals surface area contributed by atoms with Crippen molar-refractivity contribution in [3.8, 4) is 0 Å². The summed E-state index contributed by atoms with van der Waals surface area (Å²) in [6.45, 7) is 2.04. The maximum Gasteiger partial charge on any atom is 0.258 e. The number of hydrogen-bond donors (Lipinski definition) is 2. The first-order valence-corrected chi connectivity index (χ1v) is 8.15. The lowest BCUT2D eigenvalue weighted by atomic mass is 10.2. The van der Waals surface area contributed by atoms with Crippen LogP contribution in [0.15, 0.2) is 47.3 Å². The summed E-state index contributed by atoms with van der Waals surface area (Å²) in [6, 6.07) is 11.6. The third kappa shape index (κ3) is 4.12. The summed E-state index contributed by atoms with van der Waals surface area (Å²) < 4.78 is 13.5. The highest BCUT2D eigenvalue weighted by molar-refractivity contribution is 5.92. The Balaban J connectivity index is 1.64. The van der Waals surface area contributed by atoms with Crippen LogP contribution in [0.2, 0.25) is 0 Å². The molecular formula is C19H19FN4O2. The number of aromatic nitrogens is 2. The summed E-state index contributed by atoms with van der Waals surface area (Å²) in [5.74, 6) is -0.168. The SMILES string of the molecule is Cc1ccc(NC(=O)CN(C)Cc2nc3ccccc3c(=O)[nH]2)cc1F. The molecule has 1 amide bonds. The van der Waals surface area contributed by atoms with E-state index in [1.165, 1.54) is 6.07 Å².